The number of para-hydroxylation sites is 1. The molecule has 1 unspecified atom stereocenters. The van der Waals surface area contributed by atoms with Crippen LogP contribution in [0.1, 0.15) is 23.7 Å². The van der Waals surface area contributed by atoms with Crippen LogP contribution in [-0.2, 0) is 14.3 Å². The molecule has 0 spiro atoms. The minimum absolute atomic E-state index is 0.116. The fraction of sp³-hybridized carbons (Fsp3) is 0.429. The van der Waals surface area contributed by atoms with Crippen molar-refractivity contribution in [2.45, 2.75) is 13.3 Å². The van der Waals surface area contributed by atoms with E-state index in [9.17, 15) is 9.59 Å². The molecule has 1 saturated heterocycles. The maximum atomic E-state index is 12.0. The molecule has 0 radical (unpaired) electrons. The number of ether oxygens (including phenoxy) is 2. The van der Waals surface area contributed by atoms with E-state index in [4.69, 9.17) is 9.47 Å². The summed E-state index contributed by atoms with van der Waals surface area (Å²) in [7, 11) is 0. The summed E-state index contributed by atoms with van der Waals surface area (Å²) in [6, 6.07) is 6.84. The summed E-state index contributed by atoms with van der Waals surface area (Å²) in [5.74, 6) is -0.689. The Morgan fingerprint density at radius 3 is 2.89 bits per heavy atom. The van der Waals surface area contributed by atoms with Gasteiger partial charge >= 0.3 is 5.97 Å². The average molecular weight is 263 g/mol. The van der Waals surface area contributed by atoms with Gasteiger partial charge in [0.15, 0.2) is 0 Å². The Bertz CT molecular complexity index is 466. The molecule has 5 heteroatoms. The van der Waals surface area contributed by atoms with Crippen molar-refractivity contribution in [1.29, 1.82) is 0 Å². The molecular weight excluding hydrogens is 246 g/mol. The number of hydrogen-bond donors (Lipinski definition) is 1. The number of rotatable bonds is 4. The van der Waals surface area contributed by atoms with E-state index in [1.54, 1.807) is 31.2 Å². The van der Waals surface area contributed by atoms with Crippen LogP contribution in [0.4, 0.5) is 5.69 Å². The van der Waals surface area contributed by atoms with Crippen molar-refractivity contribution in [2.24, 2.45) is 5.92 Å². The molecular formula is C14H17NO4. The van der Waals surface area contributed by atoms with Crippen LogP contribution in [0, 0.1) is 5.92 Å². The van der Waals surface area contributed by atoms with Crippen LogP contribution in [0.25, 0.3) is 0 Å². The molecule has 1 aliphatic heterocycles. The van der Waals surface area contributed by atoms with Crippen molar-refractivity contribution in [1.82, 2.24) is 0 Å². The second-order valence-corrected chi connectivity index (χ2v) is 4.32. The molecule has 2 rings (SSSR count). The Morgan fingerprint density at radius 1 is 1.42 bits per heavy atom. The van der Waals surface area contributed by atoms with E-state index < -0.39 is 5.97 Å². The van der Waals surface area contributed by atoms with Gasteiger partial charge in [-0.1, -0.05) is 12.1 Å². The lowest BCUT2D eigenvalue weighted by atomic mass is 10.1. The minimum atomic E-state index is -0.430. The third-order valence-corrected chi connectivity index (χ3v) is 2.98. The number of carbonyl (C=O) groups excluding carboxylic acids is 2. The quantitative estimate of drug-likeness (QED) is 0.842. The number of hydrogen-bond acceptors (Lipinski definition) is 4. The number of esters is 1. The number of anilines is 1. The molecule has 1 aliphatic rings. The normalized spacial score (nSPS) is 18.1. The molecule has 0 aliphatic carbocycles. The first-order valence-corrected chi connectivity index (χ1v) is 6.37. The molecule has 5 nitrogen and oxygen atoms in total. The van der Waals surface area contributed by atoms with Crippen LogP contribution < -0.4 is 5.32 Å². The smallest absolute Gasteiger partial charge is 0.340 e. The van der Waals surface area contributed by atoms with Crippen LogP contribution in [0.2, 0.25) is 0 Å². The molecule has 1 aromatic carbocycles. The summed E-state index contributed by atoms with van der Waals surface area (Å²) in [6.07, 6.45) is 0.716. The molecule has 1 atom stereocenters. The lowest BCUT2D eigenvalue weighted by Crippen LogP contribution is -2.24. The van der Waals surface area contributed by atoms with E-state index in [1.165, 1.54) is 0 Å². The Hall–Kier alpha value is -1.88. The Kier molecular flexibility index (Phi) is 4.52. The highest BCUT2D eigenvalue weighted by Crippen LogP contribution is 2.19. The summed E-state index contributed by atoms with van der Waals surface area (Å²) < 4.78 is 10.1. The third kappa shape index (κ3) is 3.32. The van der Waals surface area contributed by atoms with E-state index in [1.807, 2.05) is 0 Å². The first kappa shape index (κ1) is 13.5. The summed E-state index contributed by atoms with van der Waals surface area (Å²) in [6.45, 7) is 3.09. The summed E-state index contributed by atoms with van der Waals surface area (Å²) >= 11 is 0. The van der Waals surface area contributed by atoms with Gasteiger partial charge in [0, 0.05) is 6.61 Å². The second kappa shape index (κ2) is 6.33. The average Bonchev–Trinajstić information content (AvgIpc) is 2.93. The van der Waals surface area contributed by atoms with Gasteiger partial charge in [-0.15, -0.1) is 0 Å². The first-order valence-electron chi connectivity index (χ1n) is 6.37. The van der Waals surface area contributed by atoms with Crippen molar-refractivity contribution < 1.29 is 19.1 Å². The van der Waals surface area contributed by atoms with Crippen molar-refractivity contribution in [3.05, 3.63) is 29.8 Å². The van der Waals surface area contributed by atoms with Gasteiger partial charge in [-0.25, -0.2) is 4.79 Å². The monoisotopic (exact) mass is 263 g/mol. The van der Waals surface area contributed by atoms with Gasteiger partial charge in [0.2, 0.25) is 5.91 Å². The van der Waals surface area contributed by atoms with E-state index in [0.717, 1.165) is 0 Å². The van der Waals surface area contributed by atoms with Gasteiger partial charge in [-0.2, -0.15) is 0 Å². The van der Waals surface area contributed by atoms with Crippen molar-refractivity contribution >= 4 is 17.6 Å². The van der Waals surface area contributed by atoms with Gasteiger partial charge in [0.05, 0.1) is 30.4 Å². The predicted molar refractivity (Wildman–Crippen MR) is 70.0 cm³/mol. The fourth-order valence-electron chi connectivity index (χ4n) is 1.96. The van der Waals surface area contributed by atoms with E-state index >= 15 is 0 Å². The Morgan fingerprint density at radius 2 is 2.21 bits per heavy atom. The molecule has 0 bridgehead atoms. The fourth-order valence-corrected chi connectivity index (χ4v) is 1.96. The molecule has 1 amide bonds. The molecule has 0 saturated carbocycles. The molecule has 102 valence electrons. The van der Waals surface area contributed by atoms with Gasteiger partial charge < -0.3 is 14.8 Å². The highest BCUT2D eigenvalue weighted by molar-refractivity contribution is 6.01. The van der Waals surface area contributed by atoms with E-state index in [0.29, 0.717) is 37.5 Å². The van der Waals surface area contributed by atoms with Crippen molar-refractivity contribution in [3.8, 4) is 0 Å². The number of benzene rings is 1. The van der Waals surface area contributed by atoms with E-state index in [-0.39, 0.29) is 11.8 Å². The zero-order valence-corrected chi connectivity index (χ0v) is 10.8. The predicted octanol–water partition coefficient (Wildman–Crippen LogP) is 1.84. The molecule has 1 fully saturated rings. The highest BCUT2D eigenvalue weighted by Gasteiger charge is 2.24. The third-order valence-electron chi connectivity index (χ3n) is 2.98. The van der Waals surface area contributed by atoms with Gasteiger partial charge in [-0.3, -0.25) is 4.79 Å². The lowest BCUT2D eigenvalue weighted by Gasteiger charge is -2.12. The van der Waals surface area contributed by atoms with Gasteiger partial charge in [0.1, 0.15) is 0 Å². The summed E-state index contributed by atoms with van der Waals surface area (Å²) in [4.78, 5) is 23.8. The standard InChI is InChI=1S/C14H17NO4/c1-2-19-14(17)11-5-3-4-6-12(11)15-13(16)10-7-8-18-9-10/h3-6,10H,2,7-9H2,1H3,(H,15,16). The zero-order valence-electron chi connectivity index (χ0n) is 10.8. The topological polar surface area (TPSA) is 64.6 Å². The SMILES string of the molecule is CCOC(=O)c1ccccc1NC(=O)C1CCOC1. The molecule has 0 aromatic heterocycles. The number of carbonyl (C=O) groups is 2. The molecule has 19 heavy (non-hydrogen) atoms. The Balaban J connectivity index is 2.11. The number of nitrogens with one attached hydrogen (secondary N) is 1. The maximum absolute atomic E-state index is 12.0. The highest BCUT2D eigenvalue weighted by atomic mass is 16.5. The molecule has 1 N–H and O–H groups in total. The maximum Gasteiger partial charge on any atom is 0.340 e. The van der Waals surface area contributed by atoms with Crippen LogP contribution >= 0.6 is 0 Å². The van der Waals surface area contributed by atoms with Gasteiger partial charge in [0.25, 0.3) is 0 Å². The van der Waals surface area contributed by atoms with Crippen LogP contribution in [0.5, 0.6) is 0 Å². The minimum Gasteiger partial charge on any atom is -0.462 e. The Labute approximate surface area is 111 Å². The molecule has 1 aromatic rings. The van der Waals surface area contributed by atoms with Crippen molar-refractivity contribution in [3.63, 3.8) is 0 Å². The first-order chi connectivity index (χ1) is 9.22. The lowest BCUT2D eigenvalue weighted by molar-refractivity contribution is -0.119. The molecule has 1 heterocycles. The van der Waals surface area contributed by atoms with Crippen LogP contribution in [0.3, 0.4) is 0 Å². The number of amides is 1. The van der Waals surface area contributed by atoms with Crippen molar-refractivity contribution in [2.75, 3.05) is 25.1 Å². The second-order valence-electron chi connectivity index (χ2n) is 4.32. The summed E-state index contributed by atoms with van der Waals surface area (Å²) in [5.41, 5.74) is 0.856. The van der Waals surface area contributed by atoms with Gasteiger partial charge in [-0.05, 0) is 25.5 Å². The summed E-state index contributed by atoms with van der Waals surface area (Å²) in [5, 5.41) is 2.77. The van der Waals surface area contributed by atoms with Crippen LogP contribution in [-0.4, -0.2) is 31.7 Å². The van der Waals surface area contributed by atoms with E-state index in [2.05, 4.69) is 5.32 Å². The largest absolute Gasteiger partial charge is 0.462 e. The zero-order chi connectivity index (χ0) is 13.7. The van der Waals surface area contributed by atoms with Crippen LogP contribution in [0.15, 0.2) is 24.3 Å².